The quantitative estimate of drug-likeness (QED) is 0.574. The Morgan fingerprint density at radius 2 is 1.87 bits per heavy atom. The van der Waals surface area contributed by atoms with Crippen LogP contribution >= 0.6 is 0 Å². The van der Waals surface area contributed by atoms with Crippen LogP contribution in [0.3, 0.4) is 0 Å². The average molecular weight is 207 g/mol. The van der Waals surface area contributed by atoms with Gasteiger partial charge < -0.3 is 10.4 Å². The number of carbonyl (C=O) groups is 2. The summed E-state index contributed by atoms with van der Waals surface area (Å²) in [5.41, 5.74) is 0.430. The number of ketones is 1. The average Bonchev–Trinajstić information content (AvgIpc) is 2.18. The van der Waals surface area contributed by atoms with Gasteiger partial charge in [0.15, 0.2) is 5.78 Å². The summed E-state index contributed by atoms with van der Waals surface area (Å²) in [7, 11) is 0. The van der Waals surface area contributed by atoms with Gasteiger partial charge in [0.05, 0.1) is 6.42 Å². The minimum absolute atomic E-state index is 0.101. The molecule has 0 atom stereocenters. The Balaban J connectivity index is 2.61. The second-order valence-electron chi connectivity index (χ2n) is 3.10. The van der Waals surface area contributed by atoms with E-state index in [1.54, 1.807) is 6.92 Å². The molecule has 2 N–H and O–H groups in total. The summed E-state index contributed by atoms with van der Waals surface area (Å²) >= 11 is 0. The van der Waals surface area contributed by atoms with Crippen molar-refractivity contribution in [1.82, 2.24) is 5.32 Å². The van der Waals surface area contributed by atoms with Crippen LogP contribution in [0.1, 0.15) is 23.7 Å². The van der Waals surface area contributed by atoms with Crippen molar-refractivity contribution in [2.75, 3.05) is 6.54 Å². The smallest absolute Gasteiger partial charge is 0.227 e. The van der Waals surface area contributed by atoms with Crippen LogP contribution < -0.4 is 5.32 Å². The number of aromatic hydroxyl groups is 1. The molecule has 0 fully saturated rings. The van der Waals surface area contributed by atoms with Gasteiger partial charge in [-0.25, -0.2) is 0 Å². The van der Waals surface area contributed by atoms with Gasteiger partial charge in [0, 0.05) is 12.1 Å². The first-order valence-corrected chi connectivity index (χ1v) is 4.72. The normalized spacial score (nSPS) is 9.67. The number of phenols is 1. The van der Waals surface area contributed by atoms with Gasteiger partial charge in [-0.05, 0) is 31.2 Å². The van der Waals surface area contributed by atoms with Crippen molar-refractivity contribution in [1.29, 1.82) is 0 Å². The lowest BCUT2D eigenvalue weighted by Gasteiger charge is -2.01. The van der Waals surface area contributed by atoms with Crippen molar-refractivity contribution in [3.63, 3.8) is 0 Å². The minimum Gasteiger partial charge on any atom is -0.508 e. The van der Waals surface area contributed by atoms with Crippen LogP contribution in [0.4, 0.5) is 0 Å². The number of carbonyl (C=O) groups excluding carboxylic acids is 2. The second-order valence-corrected chi connectivity index (χ2v) is 3.10. The van der Waals surface area contributed by atoms with E-state index in [9.17, 15) is 9.59 Å². The first-order valence-electron chi connectivity index (χ1n) is 4.72. The van der Waals surface area contributed by atoms with Gasteiger partial charge in [-0.15, -0.1) is 0 Å². The summed E-state index contributed by atoms with van der Waals surface area (Å²) in [6.45, 7) is 2.31. The zero-order valence-corrected chi connectivity index (χ0v) is 8.49. The van der Waals surface area contributed by atoms with E-state index in [1.165, 1.54) is 24.3 Å². The number of Topliss-reactive ketones (excluding diaryl/α,β-unsaturated/α-hetero) is 1. The van der Waals surface area contributed by atoms with Crippen LogP contribution in [0.25, 0.3) is 0 Å². The van der Waals surface area contributed by atoms with Crippen LogP contribution in [-0.2, 0) is 4.79 Å². The lowest BCUT2D eigenvalue weighted by atomic mass is 10.1. The number of hydrogen-bond acceptors (Lipinski definition) is 3. The molecule has 0 unspecified atom stereocenters. The third-order valence-electron chi connectivity index (χ3n) is 1.88. The van der Waals surface area contributed by atoms with Crippen molar-refractivity contribution in [3.05, 3.63) is 29.8 Å². The highest BCUT2D eigenvalue weighted by Crippen LogP contribution is 2.11. The number of phenolic OH excluding ortho intramolecular Hbond substituents is 1. The minimum atomic E-state index is -0.282. The highest BCUT2D eigenvalue weighted by Gasteiger charge is 2.10. The molecule has 80 valence electrons. The summed E-state index contributed by atoms with van der Waals surface area (Å²) in [6, 6.07) is 5.84. The number of hydrogen-bond donors (Lipinski definition) is 2. The number of amides is 1. The fraction of sp³-hybridized carbons (Fsp3) is 0.273. The molecule has 4 heteroatoms. The van der Waals surface area contributed by atoms with Gasteiger partial charge in [-0.3, -0.25) is 9.59 Å². The van der Waals surface area contributed by atoms with Crippen LogP contribution in [0, 0.1) is 0 Å². The maximum Gasteiger partial charge on any atom is 0.227 e. The van der Waals surface area contributed by atoms with Gasteiger partial charge in [-0.1, -0.05) is 0 Å². The maximum atomic E-state index is 11.5. The van der Waals surface area contributed by atoms with E-state index in [0.717, 1.165) is 0 Å². The van der Waals surface area contributed by atoms with Crippen molar-refractivity contribution in [3.8, 4) is 5.75 Å². The largest absolute Gasteiger partial charge is 0.508 e. The molecule has 4 nitrogen and oxygen atoms in total. The van der Waals surface area contributed by atoms with E-state index in [1.807, 2.05) is 0 Å². The van der Waals surface area contributed by atoms with Gasteiger partial charge in [0.25, 0.3) is 0 Å². The predicted molar refractivity (Wildman–Crippen MR) is 55.7 cm³/mol. The lowest BCUT2D eigenvalue weighted by Crippen LogP contribution is -2.25. The van der Waals surface area contributed by atoms with E-state index in [-0.39, 0.29) is 23.9 Å². The standard InChI is InChI=1S/C11H13NO3/c1-2-12-11(15)7-10(14)8-3-5-9(13)6-4-8/h3-6,13H,2,7H2,1H3,(H,12,15). The zero-order valence-electron chi connectivity index (χ0n) is 8.49. The Labute approximate surface area is 87.9 Å². The monoisotopic (exact) mass is 207 g/mol. The third kappa shape index (κ3) is 3.42. The number of benzene rings is 1. The first-order chi connectivity index (χ1) is 7.13. The van der Waals surface area contributed by atoms with Gasteiger partial charge in [0.2, 0.25) is 5.91 Å². The Morgan fingerprint density at radius 3 is 2.40 bits per heavy atom. The molecular formula is C11H13NO3. The fourth-order valence-electron chi connectivity index (χ4n) is 1.15. The van der Waals surface area contributed by atoms with Crippen LogP contribution in [-0.4, -0.2) is 23.3 Å². The van der Waals surface area contributed by atoms with E-state index in [2.05, 4.69) is 5.32 Å². The van der Waals surface area contributed by atoms with Gasteiger partial charge in [0.1, 0.15) is 5.75 Å². The second kappa shape index (κ2) is 5.14. The summed E-state index contributed by atoms with van der Waals surface area (Å²) in [6.07, 6.45) is -0.154. The molecule has 0 aliphatic heterocycles. The summed E-state index contributed by atoms with van der Waals surface area (Å²) < 4.78 is 0. The summed E-state index contributed by atoms with van der Waals surface area (Å²) in [5.74, 6) is -0.430. The van der Waals surface area contributed by atoms with E-state index < -0.39 is 0 Å². The highest BCUT2D eigenvalue weighted by atomic mass is 16.3. The molecule has 0 heterocycles. The SMILES string of the molecule is CCNC(=O)CC(=O)c1ccc(O)cc1. The third-order valence-corrected chi connectivity index (χ3v) is 1.88. The van der Waals surface area contributed by atoms with Crippen LogP contribution in [0.5, 0.6) is 5.75 Å². The van der Waals surface area contributed by atoms with Crippen LogP contribution in [0.2, 0.25) is 0 Å². The molecule has 1 aromatic rings. The molecule has 1 aromatic carbocycles. The van der Waals surface area contributed by atoms with Crippen molar-refractivity contribution < 1.29 is 14.7 Å². The molecule has 0 bridgehead atoms. The highest BCUT2D eigenvalue weighted by molar-refractivity contribution is 6.07. The van der Waals surface area contributed by atoms with Gasteiger partial charge >= 0.3 is 0 Å². The lowest BCUT2D eigenvalue weighted by molar-refractivity contribution is -0.120. The zero-order chi connectivity index (χ0) is 11.3. The molecular weight excluding hydrogens is 194 g/mol. The molecule has 15 heavy (non-hydrogen) atoms. The van der Waals surface area contributed by atoms with Crippen molar-refractivity contribution in [2.24, 2.45) is 0 Å². The van der Waals surface area contributed by atoms with Crippen molar-refractivity contribution >= 4 is 11.7 Å². The molecule has 0 aliphatic rings. The molecule has 0 saturated carbocycles. The molecule has 0 aliphatic carbocycles. The summed E-state index contributed by atoms with van der Waals surface area (Å²) in [5, 5.41) is 11.6. The predicted octanol–water partition coefficient (Wildman–Crippen LogP) is 1.10. The molecule has 0 radical (unpaired) electrons. The Hall–Kier alpha value is -1.84. The Kier molecular flexibility index (Phi) is 3.85. The fourth-order valence-corrected chi connectivity index (χ4v) is 1.15. The number of nitrogens with one attached hydrogen (secondary N) is 1. The first kappa shape index (κ1) is 11.2. The van der Waals surface area contributed by atoms with E-state index in [4.69, 9.17) is 5.11 Å². The molecule has 1 amide bonds. The topological polar surface area (TPSA) is 66.4 Å². The molecule has 0 saturated heterocycles. The Bertz CT molecular complexity index is 357. The van der Waals surface area contributed by atoms with E-state index in [0.29, 0.717) is 12.1 Å². The maximum absolute atomic E-state index is 11.5. The molecule has 1 rings (SSSR count). The van der Waals surface area contributed by atoms with Crippen LogP contribution in [0.15, 0.2) is 24.3 Å². The molecule has 0 aromatic heterocycles. The van der Waals surface area contributed by atoms with Gasteiger partial charge in [-0.2, -0.15) is 0 Å². The summed E-state index contributed by atoms with van der Waals surface area (Å²) in [4.78, 5) is 22.6. The molecule has 0 spiro atoms. The van der Waals surface area contributed by atoms with E-state index >= 15 is 0 Å². The van der Waals surface area contributed by atoms with Crippen molar-refractivity contribution in [2.45, 2.75) is 13.3 Å². The Morgan fingerprint density at radius 1 is 1.27 bits per heavy atom. The number of rotatable bonds is 4.